The highest BCUT2D eigenvalue weighted by Gasteiger charge is 2.47. The monoisotopic (exact) mass is 216 g/mol. The Morgan fingerprint density at radius 2 is 1.79 bits per heavy atom. The molecule has 1 aromatic rings. The first kappa shape index (κ1) is 9.91. The van der Waals surface area contributed by atoms with Crippen molar-refractivity contribution in [1.82, 2.24) is 0 Å². The van der Waals surface area contributed by atoms with Crippen LogP contribution in [0.2, 0.25) is 0 Å². The summed E-state index contributed by atoms with van der Waals surface area (Å²) in [6, 6.07) is 6.29. The second kappa shape index (κ2) is 3.50. The molecule has 0 aromatic heterocycles. The predicted octanol–water partition coefficient (Wildman–Crippen LogP) is 3.93. The highest BCUT2D eigenvalue weighted by atomic mass is 35.5. The van der Waals surface area contributed by atoms with E-state index in [0.29, 0.717) is 18.7 Å². The Kier molecular flexibility index (Phi) is 2.48. The molecule has 0 nitrogen and oxygen atoms in total. The van der Waals surface area contributed by atoms with Gasteiger partial charge in [0, 0.05) is 17.4 Å². The van der Waals surface area contributed by atoms with Crippen molar-refractivity contribution in [3.05, 3.63) is 35.4 Å². The zero-order valence-corrected chi connectivity index (χ0v) is 8.40. The Labute approximate surface area is 86.9 Å². The summed E-state index contributed by atoms with van der Waals surface area (Å²) in [5.74, 6) is -2.72. The minimum absolute atomic E-state index is 0.119. The molecule has 14 heavy (non-hydrogen) atoms. The van der Waals surface area contributed by atoms with E-state index in [-0.39, 0.29) is 5.56 Å². The molecule has 0 radical (unpaired) electrons. The van der Waals surface area contributed by atoms with Crippen molar-refractivity contribution in [3.8, 4) is 0 Å². The van der Waals surface area contributed by atoms with E-state index in [1.807, 2.05) is 0 Å². The van der Waals surface area contributed by atoms with E-state index in [4.69, 9.17) is 11.6 Å². The zero-order chi connectivity index (χ0) is 10.2. The molecule has 0 N–H and O–H groups in total. The second-order valence-electron chi connectivity index (χ2n) is 3.73. The fraction of sp³-hybridized carbons (Fsp3) is 0.455. The molecule has 1 aromatic carbocycles. The Bertz CT molecular complexity index is 315. The molecule has 0 unspecified atom stereocenters. The first-order valence-corrected chi connectivity index (χ1v) is 5.21. The van der Waals surface area contributed by atoms with Crippen LogP contribution in [0, 0.1) is 5.92 Å². The topological polar surface area (TPSA) is 0 Å². The molecular weight excluding hydrogens is 206 g/mol. The lowest BCUT2D eigenvalue weighted by Crippen LogP contribution is -2.15. The SMILES string of the molecule is FC(F)(c1ccc(CCl)cc1)C1CC1. The van der Waals surface area contributed by atoms with E-state index in [1.54, 1.807) is 12.1 Å². The van der Waals surface area contributed by atoms with Crippen LogP contribution in [0.25, 0.3) is 0 Å². The third-order valence-electron chi connectivity index (χ3n) is 2.58. The molecule has 1 saturated carbocycles. The molecular formula is C11H11ClF2. The summed E-state index contributed by atoms with van der Waals surface area (Å²) >= 11 is 5.58. The quantitative estimate of drug-likeness (QED) is 0.672. The van der Waals surface area contributed by atoms with Gasteiger partial charge in [-0.3, -0.25) is 0 Å². The van der Waals surface area contributed by atoms with Crippen LogP contribution in [0.5, 0.6) is 0 Å². The van der Waals surface area contributed by atoms with E-state index >= 15 is 0 Å². The van der Waals surface area contributed by atoms with Gasteiger partial charge in [-0.05, 0) is 18.4 Å². The van der Waals surface area contributed by atoms with E-state index < -0.39 is 11.8 Å². The van der Waals surface area contributed by atoms with Crippen molar-refractivity contribution >= 4 is 11.6 Å². The van der Waals surface area contributed by atoms with Gasteiger partial charge in [0.2, 0.25) is 0 Å². The zero-order valence-electron chi connectivity index (χ0n) is 7.64. The molecule has 3 heteroatoms. The maximum atomic E-state index is 13.5. The van der Waals surface area contributed by atoms with Crippen molar-refractivity contribution in [3.63, 3.8) is 0 Å². The standard InChI is InChI=1S/C11H11ClF2/c12-7-8-1-3-9(4-2-8)11(13,14)10-5-6-10/h1-4,10H,5-7H2. The van der Waals surface area contributed by atoms with Crippen molar-refractivity contribution in [2.24, 2.45) is 5.92 Å². The average Bonchev–Trinajstić information content (AvgIpc) is 3.01. The lowest BCUT2D eigenvalue weighted by Gasteiger charge is -2.15. The van der Waals surface area contributed by atoms with Crippen molar-refractivity contribution in [2.75, 3.05) is 0 Å². The smallest absolute Gasteiger partial charge is 0.201 e. The Morgan fingerprint density at radius 3 is 2.21 bits per heavy atom. The first-order valence-electron chi connectivity index (χ1n) is 4.68. The van der Waals surface area contributed by atoms with Gasteiger partial charge in [-0.2, -0.15) is 0 Å². The van der Waals surface area contributed by atoms with E-state index in [1.165, 1.54) is 12.1 Å². The molecule has 0 aliphatic heterocycles. The summed E-state index contributed by atoms with van der Waals surface area (Å²) in [5.41, 5.74) is 0.996. The van der Waals surface area contributed by atoms with E-state index in [2.05, 4.69) is 0 Å². The minimum atomic E-state index is -2.65. The number of rotatable bonds is 3. The molecule has 0 amide bonds. The van der Waals surface area contributed by atoms with Crippen molar-refractivity contribution < 1.29 is 8.78 Å². The van der Waals surface area contributed by atoms with Gasteiger partial charge < -0.3 is 0 Å². The van der Waals surface area contributed by atoms with Crippen molar-refractivity contribution in [2.45, 2.75) is 24.6 Å². The molecule has 1 aliphatic rings. The van der Waals surface area contributed by atoms with Crippen LogP contribution in [0.15, 0.2) is 24.3 Å². The summed E-state index contributed by atoms with van der Waals surface area (Å²) in [4.78, 5) is 0. The van der Waals surface area contributed by atoms with Gasteiger partial charge in [0.1, 0.15) is 0 Å². The molecule has 76 valence electrons. The van der Waals surface area contributed by atoms with Crippen LogP contribution in [0.1, 0.15) is 24.0 Å². The molecule has 2 rings (SSSR count). The third-order valence-corrected chi connectivity index (χ3v) is 2.89. The van der Waals surface area contributed by atoms with E-state index in [9.17, 15) is 8.78 Å². The fourth-order valence-corrected chi connectivity index (χ4v) is 1.68. The van der Waals surface area contributed by atoms with Gasteiger partial charge in [0.15, 0.2) is 0 Å². The minimum Gasteiger partial charge on any atom is -0.201 e. The number of hydrogen-bond donors (Lipinski definition) is 0. The van der Waals surface area contributed by atoms with Crippen LogP contribution < -0.4 is 0 Å². The second-order valence-corrected chi connectivity index (χ2v) is 4.00. The average molecular weight is 217 g/mol. The number of alkyl halides is 3. The van der Waals surface area contributed by atoms with Crippen LogP contribution in [0.4, 0.5) is 8.78 Å². The Morgan fingerprint density at radius 1 is 1.21 bits per heavy atom. The predicted molar refractivity (Wildman–Crippen MR) is 52.6 cm³/mol. The Hall–Kier alpha value is -0.630. The molecule has 1 fully saturated rings. The summed E-state index contributed by atoms with van der Waals surface area (Å²) in [5, 5.41) is 0. The largest absolute Gasteiger partial charge is 0.276 e. The normalized spacial score (nSPS) is 17.1. The number of halogens is 3. The summed E-state index contributed by atoms with van der Waals surface area (Å²) < 4.78 is 27.1. The molecule has 0 bridgehead atoms. The lowest BCUT2D eigenvalue weighted by molar-refractivity contribution is -0.0285. The number of hydrogen-bond acceptors (Lipinski definition) is 0. The highest BCUT2D eigenvalue weighted by molar-refractivity contribution is 6.17. The summed E-state index contributed by atoms with van der Waals surface area (Å²) in [7, 11) is 0. The summed E-state index contributed by atoms with van der Waals surface area (Å²) in [6.45, 7) is 0. The summed E-state index contributed by atoms with van der Waals surface area (Å²) in [6.07, 6.45) is 1.29. The highest BCUT2D eigenvalue weighted by Crippen LogP contribution is 2.49. The lowest BCUT2D eigenvalue weighted by atomic mass is 10.0. The van der Waals surface area contributed by atoms with Crippen LogP contribution in [0.3, 0.4) is 0 Å². The van der Waals surface area contributed by atoms with Gasteiger partial charge >= 0.3 is 0 Å². The van der Waals surface area contributed by atoms with Crippen LogP contribution in [-0.4, -0.2) is 0 Å². The molecule has 0 saturated heterocycles. The van der Waals surface area contributed by atoms with Gasteiger partial charge in [0.05, 0.1) is 0 Å². The Balaban J connectivity index is 2.23. The fourth-order valence-electron chi connectivity index (χ4n) is 1.50. The molecule has 1 aliphatic carbocycles. The third kappa shape index (κ3) is 1.76. The van der Waals surface area contributed by atoms with E-state index in [0.717, 1.165) is 5.56 Å². The van der Waals surface area contributed by atoms with Gasteiger partial charge in [-0.25, -0.2) is 8.78 Å². The van der Waals surface area contributed by atoms with Crippen LogP contribution in [-0.2, 0) is 11.8 Å². The maximum absolute atomic E-state index is 13.5. The molecule has 0 spiro atoms. The van der Waals surface area contributed by atoms with Gasteiger partial charge in [-0.15, -0.1) is 11.6 Å². The first-order chi connectivity index (χ1) is 6.64. The van der Waals surface area contributed by atoms with Gasteiger partial charge in [-0.1, -0.05) is 24.3 Å². The maximum Gasteiger partial charge on any atom is 0.276 e. The van der Waals surface area contributed by atoms with Crippen LogP contribution >= 0.6 is 11.6 Å². The molecule has 0 heterocycles. The van der Waals surface area contributed by atoms with Gasteiger partial charge in [0.25, 0.3) is 5.92 Å². The van der Waals surface area contributed by atoms with Crippen molar-refractivity contribution in [1.29, 1.82) is 0 Å². The number of benzene rings is 1. The molecule has 0 atom stereocenters.